The molecule has 1 N–H and O–H groups in total. The third-order valence-electron chi connectivity index (χ3n) is 3.44. The highest BCUT2D eigenvalue weighted by Crippen LogP contribution is 2.27. The van der Waals surface area contributed by atoms with Crippen molar-refractivity contribution in [2.75, 3.05) is 13.1 Å². The highest BCUT2D eigenvalue weighted by Gasteiger charge is 2.33. The Balaban J connectivity index is 2.64. The molecule has 2 atom stereocenters. The number of hydrogen-bond acceptors (Lipinski definition) is 3. The fourth-order valence-corrected chi connectivity index (χ4v) is 2.54. The van der Waals surface area contributed by atoms with Crippen LogP contribution in [0.15, 0.2) is 0 Å². The predicted molar refractivity (Wildman–Crippen MR) is 71.9 cm³/mol. The summed E-state index contributed by atoms with van der Waals surface area (Å²) in [6.07, 6.45) is 1.97. The summed E-state index contributed by atoms with van der Waals surface area (Å²) in [5.74, 6) is -1.10. The van der Waals surface area contributed by atoms with Crippen LogP contribution in [0.5, 0.6) is 0 Å². The average Bonchev–Trinajstić information content (AvgIpc) is 2.27. The molecule has 110 valence electrons. The number of piperidine rings is 1. The molecule has 0 aromatic rings. The van der Waals surface area contributed by atoms with Gasteiger partial charge in [0.1, 0.15) is 5.60 Å². The van der Waals surface area contributed by atoms with Crippen molar-refractivity contribution in [1.82, 2.24) is 4.90 Å². The van der Waals surface area contributed by atoms with Crippen LogP contribution in [0, 0.1) is 11.8 Å². The van der Waals surface area contributed by atoms with Gasteiger partial charge in [-0.1, -0.05) is 6.92 Å². The molecule has 0 aromatic carbocycles. The first-order valence-electron chi connectivity index (χ1n) is 6.95. The number of nitrogens with zero attached hydrogens (tertiary/aromatic N) is 1. The van der Waals surface area contributed by atoms with Gasteiger partial charge in [-0.15, -0.1) is 0 Å². The molecule has 2 unspecified atom stereocenters. The van der Waals surface area contributed by atoms with E-state index in [1.807, 2.05) is 27.7 Å². The lowest BCUT2D eigenvalue weighted by atomic mass is 9.84. The first kappa shape index (κ1) is 15.8. The molecule has 0 spiro atoms. The smallest absolute Gasteiger partial charge is 0.410 e. The number of ether oxygens (including phenoxy) is 1. The highest BCUT2D eigenvalue weighted by atomic mass is 16.6. The maximum atomic E-state index is 12.0. The minimum atomic E-state index is -0.765. The Morgan fingerprint density at radius 1 is 1.42 bits per heavy atom. The molecule has 1 rings (SSSR count). The minimum Gasteiger partial charge on any atom is -0.481 e. The summed E-state index contributed by atoms with van der Waals surface area (Å²) < 4.78 is 5.34. The van der Waals surface area contributed by atoms with Gasteiger partial charge in [-0.05, 0) is 46.0 Å². The van der Waals surface area contributed by atoms with Crippen molar-refractivity contribution in [3.05, 3.63) is 0 Å². The SMILES string of the molecule is CCC(C(=O)O)C1CCCN(C(=O)OC(C)(C)C)C1. The van der Waals surface area contributed by atoms with E-state index in [0.717, 1.165) is 12.8 Å². The number of likely N-dealkylation sites (tertiary alicyclic amines) is 1. The van der Waals surface area contributed by atoms with Gasteiger partial charge in [0, 0.05) is 13.1 Å². The minimum absolute atomic E-state index is 0.0313. The molecular weight excluding hydrogens is 246 g/mol. The number of carbonyl (C=O) groups excluding carboxylic acids is 1. The summed E-state index contributed by atoms with van der Waals surface area (Å²) >= 11 is 0. The van der Waals surface area contributed by atoms with Crippen molar-refractivity contribution in [1.29, 1.82) is 0 Å². The Hall–Kier alpha value is -1.26. The van der Waals surface area contributed by atoms with Gasteiger partial charge >= 0.3 is 12.1 Å². The summed E-state index contributed by atoms with van der Waals surface area (Å²) in [5.41, 5.74) is -0.513. The first-order valence-corrected chi connectivity index (χ1v) is 6.95. The van der Waals surface area contributed by atoms with E-state index in [4.69, 9.17) is 4.74 Å². The van der Waals surface area contributed by atoms with Gasteiger partial charge in [-0.2, -0.15) is 0 Å². The van der Waals surface area contributed by atoms with Crippen LogP contribution in [0.4, 0.5) is 4.79 Å². The van der Waals surface area contributed by atoms with E-state index < -0.39 is 11.6 Å². The number of carboxylic acid groups (broad SMARTS) is 1. The Bertz CT molecular complexity index is 335. The molecular formula is C14H25NO4. The quantitative estimate of drug-likeness (QED) is 0.857. The number of amides is 1. The van der Waals surface area contributed by atoms with Crippen LogP contribution in [-0.4, -0.2) is 40.8 Å². The molecule has 0 saturated carbocycles. The number of aliphatic carboxylic acids is 1. The van der Waals surface area contributed by atoms with Crippen molar-refractivity contribution in [3.63, 3.8) is 0 Å². The Labute approximate surface area is 114 Å². The number of hydrogen-bond donors (Lipinski definition) is 1. The van der Waals surface area contributed by atoms with Crippen LogP contribution < -0.4 is 0 Å². The lowest BCUT2D eigenvalue weighted by Crippen LogP contribution is -2.45. The summed E-state index contributed by atoms with van der Waals surface area (Å²) in [6, 6.07) is 0. The summed E-state index contributed by atoms with van der Waals surface area (Å²) in [6.45, 7) is 8.52. The van der Waals surface area contributed by atoms with Gasteiger partial charge in [0.05, 0.1) is 5.92 Å². The number of carboxylic acids is 1. The lowest BCUT2D eigenvalue weighted by Gasteiger charge is -2.36. The van der Waals surface area contributed by atoms with E-state index in [1.54, 1.807) is 4.90 Å². The Morgan fingerprint density at radius 3 is 2.53 bits per heavy atom. The molecule has 5 heteroatoms. The van der Waals surface area contributed by atoms with Gasteiger partial charge in [-0.3, -0.25) is 4.79 Å². The van der Waals surface area contributed by atoms with Crippen LogP contribution in [0.2, 0.25) is 0 Å². The fraction of sp³-hybridized carbons (Fsp3) is 0.857. The topological polar surface area (TPSA) is 66.8 Å². The third-order valence-corrected chi connectivity index (χ3v) is 3.44. The van der Waals surface area contributed by atoms with Crippen LogP contribution in [-0.2, 0) is 9.53 Å². The van der Waals surface area contributed by atoms with E-state index in [0.29, 0.717) is 19.5 Å². The maximum absolute atomic E-state index is 12.0. The third kappa shape index (κ3) is 4.73. The van der Waals surface area contributed by atoms with Crippen molar-refractivity contribution >= 4 is 12.1 Å². The normalized spacial score (nSPS) is 21.9. The molecule has 1 amide bonds. The van der Waals surface area contributed by atoms with Gasteiger partial charge in [0.15, 0.2) is 0 Å². The van der Waals surface area contributed by atoms with E-state index >= 15 is 0 Å². The molecule has 1 heterocycles. The molecule has 1 saturated heterocycles. The molecule has 0 bridgehead atoms. The molecule has 0 aromatic heterocycles. The van der Waals surface area contributed by atoms with Gasteiger partial charge < -0.3 is 14.7 Å². The van der Waals surface area contributed by atoms with Crippen molar-refractivity contribution in [2.24, 2.45) is 11.8 Å². The standard InChI is InChI=1S/C14H25NO4/c1-5-11(12(16)17)10-7-6-8-15(9-10)13(18)19-14(2,3)4/h10-11H,5-9H2,1-4H3,(H,16,17). The highest BCUT2D eigenvalue weighted by molar-refractivity contribution is 5.71. The van der Waals surface area contributed by atoms with Crippen LogP contribution in [0.25, 0.3) is 0 Å². The monoisotopic (exact) mass is 271 g/mol. The first-order chi connectivity index (χ1) is 8.74. The number of carbonyl (C=O) groups is 2. The van der Waals surface area contributed by atoms with E-state index in [1.165, 1.54) is 0 Å². The molecule has 0 aliphatic carbocycles. The number of rotatable bonds is 3. The summed E-state index contributed by atoms with van der Waals surface area (Å²) in [4.78, 5) is 24.8. The zero-order valence-corrected chi connectivity index (χ0v) is 12.3. The molecule has 1 fully saturated rings. The Morgan fingerprint density at radius 2 is 2.05 bits per heavy atom. The molecule has 1 aliphatic heterocycles. The van der Waals surface area contributed by atoms with Crippen LogP contribution in [0.1, 0.15) is 47.0 Å². The fourth-order valence-electron chi connectivity index (χ4n) is 2.54. The molecule has 0 radical (unpaired) electrons. The average molecular weight is 271 g/mol. The summed E-state index contributed by atoms with van der Waals surface area (Å²) in [7, 11) is 0. The van der Waals surface area contributed by atoms with Gasteiger partial charge in [0.25, 0.3) is 0 Å². The zero-order chi connectivity index (χ0) is 14.6. The Kier molecular flexibility index (Phi) is 5.20. The second-order valence-electron chi connectivity index (χ2n) is 6.18. The van der Waals surface area contributed by atoms with Crippen LogP contribution >= 0.6 is 0 Å². The van der Waals surface area contributed by atoms with Crippen molar-refractivity contribution in [2.45, 2.75) is 52.6 Å². The second-order valence-corrected chi connectivity index (χ2v) is 6.18. The zero-order valence-electron chi connectivity index (χ0n) is 12.3. The lowest BCUT2D eigenvalue weighted by molar-refractivity contribution is -0.144. The van der Waals surface area contributed by atoms with Gasteiger partial charge in [0.2, 0.25) is 0 Å². The molecule has 5 nitrogen and oxygen atoms in total. The predicted octanol–water partition coefficient (Wildman–Crippen LogP) is 2.74. The second kappa shape index (κ2) is 6.26. The molecule has 1 aliphatic rings. The van der Waals surface area contributed by atoms with Crippen molar-refractivity contribution < 1.29 is 19.4 Å². The largest absolute Gasteiger partial charge is 0.481 e. The van der Waals surface area contributed by atoms with Crippen LogP contribution in [0.3, 0.4) is 0 Å². The summed E-state index contributed by atoms with van der Waals surface area (Å²) in [5, 5.41) is 9.20. The molecule has 19 heavy (non-hydrogen) atoms. The van der Waals surface area contributed by atoms with E-state index in [2.05, 4.69) is 0 Å². The van der Waals surface area contributed by atoms with E-state index in [9.17, 15) is 14.7 Å². The van der Waals surface area contributed by atoms with Crippen molar-refractivity contribution in [3.8, 4) is 0 Å². The van der Waals surface area contributed by atoms with Gasteiger partial charge in [-0.25, -0.2) is 4.79 Å². The maximum Gasteiger partial charge on any atom is 0.410 e. The van der Waals surface area contributed by atoms with E-state index in [-0.39, 0.29) is 17.9 Å².